The van der Waals surface area contributed by atoms with Crippen LogP contribution in [0.1, 0.15) is 36.7 Å². The number of aromatic nitrogens is 2. The molecule has 0 aliphatic rings. The topological polar surface area (TPSA) is 51.0 Å². The van der Waals surface area contributed by atoms with Gasteiger partial charge in [0.25, 0.3) is 0 Å². The Morgan fingerprint density at radius 3 is 2.53 bits per heavy atom. The molecule has 0 aliphatic carbocycles. The maximum absolute atomic E-state index is 5.28. The van der Waals surface area contributed by atoms with Crippen LogP contribution in [0.15, 0.2) is 28.8 Å². The molecule has 4 nitrogen and oxygen atoms in total. The molecule has 0 spiro atoms. The van der Waals surface area contributed by atoms with Crippen LogP contribution in [-0.4, -0.2) is 23.2 Å². The molecule has 0 bridgehead atoms. The van der Waals surface area contributed by atoms with Gasteiger partial charge in [0.05, 0.1) is 6.42 Å². The minimum Gasteiger partial charge on any atom is -0.339 e. The van der Waals surface area contributed by atoms with Crippen molar-refractivity contribution in [2.24, 2.45) is 0 Å². The Bertz CT molecular complexity index is 504. The maximum Gasteiger partial charge on any atom is 0.231 e. The molecule has 1 heterocycles. The van der Waals surface area contributed by atoms with Crippen molar-refractivity contribution in [2.45, 2.75) is 39.2 Å². The lowest BCUT2D eigenvalue weighted by atomic mass is 10.1. The molecule has 2 aromatic rings. The number of hydrogen-bond donors (Lipinski definition) is 1. The fourth-order valence-electron chi connectivity index (χ4n) is 1.89. The normalized spacial score (nSPS) is 12.6. The molecule has 0 fully saturated rings. The average molecular weight is 259 g/mol. The highest BCUT2D eigenvalue weighted by Gasteiger charge is 2.09. The summed E-state index contributed by atoms with van der Waals surface area (Å²) in [6.07, 6.45) is 2.55. The molecule has 2 rings (SSSR count). The second-order valence-electron chi connectivity index (χ2n) is 4.85. The SMILES string of the molecule is CCc1ccc(Cc2nc(CC(C)NC)no2)cc1. The highest BCUT2D eigenvalue weighted by atomic mass is 16.5. The van der Waals surface area contributed by atoms with Gasteiger partial charge in [-0.25, -0.2) is 0 Å². The van der Waals surface area contributed by atoms with Gasteiger partial charge >= 0.3 is 0 Å². The Labute approximate surface area is 114 Å². The zero-order valence-corrected chi connectivity index (χ0v) is 11.8. The van der Waals surface area contributed by atoms with E-state index in [0.717, 1.165) is 18.7 Å². The van der Waals surface area contributed by atoms with Crippen LogP contribution in [-0.2, 0) is 19.3 Å². The van der Waals surface area contributed by atoms with Gasteiger partial charge in [-0.05, 0) is 31.5 Å². The molecule has 102 valence electrons. The van der Waals surface area contributed by atoms with Crippen LogP contribution in [0.25, 0.3) is 0 Å². The number of hydrogen-bond acceptors (Lipinski definition) is 4. The van der Waals surface area contributed by atoms with Crippen molar-refractivity contribution < 1.29 is 4.52 Å². The second-order valence-corrected chi connectivity index (χ2v) is 4.85. The predicted molar refractivity (Wildman–Crippen MR) is 75.1 cm³/mol. The molecule has 1 aromatic heterocycles. The number of likely N-dealkylation sites (N-methyl/N-ethyl adjacent to an activating group) is 1. The Morgan fingerprint density at radius 1 is 1.21 bits per heavy atom. The first-order valence-corrected chi connectivity index (χ1v) is 6.77. The van der Waals surface area contributed by atoms with Gasteiger partial charge in [-0.3, -0.25) is 0 Å². The van der Waals surface area contributed by atoms with E-state index in [1.807, 2.05) is 7.05 Å². The quantitative estimate of drug-likeness (QED) is 0.865. The lowest BCUT2D eigenvalue weighted by Crippen LogP contribution is -2.24. The summed E-state index contributed by atoms with van der Waals surface area (Å²) in [5.41, 5.74) is 2.55. The zero-order valence-electron chi connectivity index (χ0n) is 11.8. The van der Waals surface area contributed by atoms with Crippen molar-refractivity contribution in [2.75, 3.05) is 7.05 Å². The highest BCUT2D eigenvalue weighted by molar-refractivity contribution is 5.24. The van der Waals surface area contributed by atoms with Gasteiger partial charge in [0.2, 0.25) is 5.89 Å². The molecule has 4 heteroatoms. The van der Waals surface area contributed by atoms with Gasteiger partial charge in [0, 0.05) is 12.5 Å². The molecule has 0 radical (unpaired) electrons. The van der Waals surface area contributed by atoms with Crippen molar-refractivity contribution in [3.63, 3.8) is 0 Å². The number of rotatable bonds is 6. The van der Waals surface area contributed by atoms with Crippen molar-refractivity contribution in [3.05, 3.63) is 47.1 Å². The van der Waals surface area contributed by atoms with E-state index in [-0.39, 0.29) is 0 Å². The molecule has 1 aromatic carbocycles. The lowest BCUT2D eigenvalue weighted by Gasteiger charge is -2.04. The van der Waals surface area contributed by atoms with Crippen LogP contribution in [0.3, 0.4) is 0 Å². The molecule has 0 saturated carbocycles. The minimum atomic E-state index is 0.356. The highest BCUT2D eigenvalue weighted by Crippen LogP contribution is 2.10. The van der Waals surface area contributed by atoms with E-state index in [9.17, 15) is 0 Å². The molecule has 0 saturated heterocycles. The van der Waals surface area contributed by atoms with E-state index in [1.54, 1.807) is 0 Å². The standard InChI is InChI=1S/C15H21N3O/c1-4-12-5-7-13(8-6-12)10-15-17-14(18-19-15)9-11(2)16-3/h5-8,11,16H,4,9-10H2,1-3H3. The largest absolute Gasteiger partial charge is 0.339 e. The van der Waals surface area contributed by atoms with E-state index < -0.39 is 0 Å². The number of nitrogens with zero attached hydrogens (tertiary/aromatic N) is 2. The predicted octanol–water partition coefficient (Wildman–Crippen LogP) is 2.37. The summed E-state index contributed by atoms with van der Waals surface area (Å²) in [6.45, 7) is 4.25. The van der Waals surface area contributed by atoms with Crippen LogP contribution < -0.4 is 5.32 Å². The third-order valence-electron chi connectivity index (χ3n) is 3.28. The Kier molecular flexibility index (Phi) is 4.68. The third kappa shape index (κ3) is 3.89. The Hall–Kier alpha value is -1.68. The summed E-state index contributed by atoms with van der Waals surface area (Å²) in [7, 11) is 1.93. The third-order valence-corrected chi connectivity index (χ3v) is 3.28. The Balaban J connectivity index is 1.98. The van der Waals surface area contributed by atoms with Crippen LogP contribution in [0.4, 0.5) is 0 Å². The molecule has 1 atom stereocenters. The molecule has 1 unspecified atom stereocenters. The number of nitrogens with one attached hydrogen (secondary N) is 1. The Morgan fingerprint density at radius 2 is 1.89 bits per heavy atom. The fourth-order valence-corrected chi connectivity index (χ4v) is 1.89. The minimum absolute atomic E-state index is 0.356. The molecule has 0 amide bonds. The van der Waals surface area contributed by atoms with Crippen molar-refractivity contribution in [3.8, 4) is 0 Å². The summed E-state index contributed by atoms with van der Waals surface area (Å²) in [5.74, 6) is 1.45. The maximum atomic E-state index is 5.28. The molecule has 0 aliphatic heterocycles. The van der Waals surface area contributed by atoms with Crippen molar-refractivity contribution in [1.82, 2.24) is 15.5 Å². The average Bonchev–Trinajstić information content (AvgIpc) is 2.86. The first kappa shape index (κ1) is 13.7. The van der Waals surface area contributed by atoms with Crippen LogP contribution in [0.5, 0.6) is 0 Å². The van der Waals surface area contributed by atoms with Gasteiger partial charge in [0.1, 0.15) is 0 Å². The molecule has 19 heavy (non-hydrogen) atoms. The van der Waals surface area contributed by atoms with E-state index in [4.69, 9.17) is 4.52 Å². The number of benzene rings is 1. The van der Waals surface area contributed by atoms with Gasteiger partial charge in [0.15, 0.2) is 5.82 Å². The van der Waals surface area contributed by atoms with Gasteiger partial charge in [-0.15, -0.1) is 0 Å². The zero-order chi connectivity index (χ0) is 13.7. The van der Waals surface area contributed by atoms with Gasteiger partial charge in [-0.1, -0.05) is 36.3 Å². The van der Waals surface area contributed by atoms with E-state index in [1.165, 1.54) is 11.1 Å². The summed E-state index contributed by atoms with van der Waals surface area (Å²) in [5, 5.41) is 7.17. The van der Waals surface area contributed by atoms with Crippen molar-refractivity contribution in [1.29, 1.82) is 0 Å². The molecular weight excluding hydrogens is 238 g/mol. The smallest absolute Gasteiger partial charge is 0.231 e. The lowest BCUT2D eigenvalue weighted by molar-refractivity contribution is 0.377. The van der Waals surface area contributed by atoms with E-state index in [0.29, 0.717) is 18.4 Å². The summed E-state index contributed by atoms with van der Waals surface area (Å²) >= 11 is 0. The van der Waals surface area contributed by atoms with Crippen molar-refractivity contribution >= 4 is 0 Å². The first-order valence-electron chi connectivity index (χ1n) is 6.77. The van der Waals surface area contributed by atoms with Gasteiger partial charge < -0.3 is 9.84 Å². The van der Waals surface area contributed by atoms with Crippen LogP contribution in [0.2, 0.25) is 0 Å². The summed E-state index contributed by atoms with van der Waals surface area (Å²) < 4.78 is 5.28. The van der Waals surface area contributed by atoms with Crippen LogP contribution >= 0.6 is 0 Å². The second kappa shape index (κ2) is 6.48. The molecule has 1 N–H and O–H groups in total. The number of aryl methyl sites for hydroxylation is 1. The fraction of sp³-hybridized carbons (Fsp3) is 0.467. The van der Waals surface area contributed by atoms with E-state index >= 15 is 0 Å². The summed E-state index contributed by atoms with van der Waals surface area (Å²) in [4.78, 5) is 4.42. The molecular formula is C15H21N3O. The first-order chi connectivity index (χ1) is 9.21. The van der Waals surface area contributed by atoms with Crippen LogP contribution in [0, 0.1) is 0 Å². The van der Waals surface area contributed by atoms with E-state index in [2.05, 4.69) is 53.6 Å². The summed E-state index contributed by atoms with van der Waals surface area (Å²) in [6, 6.07) is 8.90. The van der Waals surface area contributed by atoms with Gasteiger partial charge in [-0.2, -0.15) is 4.98 Å². The monoisotopic (exact) mass is 259 g/mol.